The summed E-state index contributed by atoms with van der Waals surface area (Å²) in [6.07, 6.45) is 2.87. The van der Waals surface area contributed by atoms with Crippen LogP contribution < -0.4 is 5.73 Å². The van der Waals surface area contributed by atoms with E-state index in [2.05, 4.69) is 25.9 Å². The van der Waals surface area contributed by atoms with Crippen molar-refractivity contribution in [2.75, 3.05) is 5.73 Å². The summed E-state index contributed by atoms with van der Waals surface area (Å²) < 4.78 is 0.504. The van der Waals surface area contributed by atoms with Gasteiger partial charge in [-0.05, 0) is 15.9 Å². The van der Waals surface area contributed by atoms with E-state index in [9.17, 15) is 4.79 Å². The van der Waals surface area contributed by atoms with Gasteiger partial charge in [0.05, 0.1) is 16.8 Å². The van der Waals surface area contributed by atoms with Gasteiger partial charge < -0.3 is 15.8 Å². The van der Waals surface area contributed by atoms with Crippen LogP contribution in [0.15, 0.2) is 17.0 Å². The first-order valence-corrected chi connectivity index (χ1v) is 4.55. The largest absolute Gasteiger partial charge is 0.478 e. The maximum absolute atomic E-state index is 10.8. The van der Waals surface area contributed by atoms with Gasteiger partial charge >= 0.3 is 5.97 Å². The number of aromatic amines is 1. The summed E-state index contributed by atoms with van der Waals surface area (Å²) in [5.74, 6) is -1.00. The molecule has 2 aromatic rings. The Kier molecular flexibility index (Phi) is 1.92. The van der Waals surface area contributed by atoms with Gasteiger partial charge in [-0.2, -0.15) is 0 Å². The van der Waals surface area contributed by atoms with Gasteiger partial charge in [-0.15, -0.1) is 0 Å². The number of anilines is 1. The van der Waals surface area contributed by atoms with Gasteiger partial charge in [-0.25, -0.2) is 9.78 Å². The van der Waals surface area contributed by atoms with E-state index in [1.807, 2.05) is 0 Å². The molecule has 0 atom stereocenters. The molecule has 0 aliphatic heterocycles. The topological polar surface area (TPSA) is 92.0 Å². The van der Waals surface area contributed by atoms with E-state index < -0.39 is 5.97 Å². The molecule has 2 aromatic heterocycles. The number of hydrogen-bond donors (Lipinski definition) is 3. The van der Waals surface area contributed by atoms with Crippen molar-refractivity contribution < 1.29 is 9.90 Å². The van der Waals surface area contributed by atoms with Crippen molar-refractivity contribution in [3.05, 3.63) is 22.6 Å². The van der Waals surface area contributed by atoms with E-state index in [1.54, 1.807) is 0 Å². The molecule has 72 valence electrons. The minimum Gasteiger partial charge on any atom is -0.478 e. The fourth-order valence-corrected chi connectivity index (χ4v) is 1.56. The number of rotatable bonds is 1. The Hall–Kier alpha value is -1.56. The molecule has 4 N–H and O–H groups in total. The van der Waals surface area contributed by atoms with Crippen molar-refractivity contribution in [3.63, 3.8) is 0 Å². The summed E-state index contributed by atoms with van der Waals surface area (Å²) in [5, 5.41) is 9.34. The third kappa shape index (κ3) is 1.15. The van der Waals surface area contributed by atoms with Crippen LogP contribution in [0.1, 0.15) is 10.4 Å². The summed E-state index contributed by atoms with van der Waals surface area (Å²) in [6.45, 7) is 0. The van der Waals surface area contributed by atoms with Gasteiger partial charge in [-0.1, -0.05) is 0 Å². The molecule has 0 fully saturated rings. The van der Waals surface area contributed by atoms with Crippen molar-refractivity contribution in [3.8, 4) is 0 Å². The van der Waals surface area contributed by atoms with Gasteiger partial charge in [-0.3, -0.25) is 0 Å². The Balaban J connectivity index is 2.83. The molecule has 0 aliphatic carbocycles. The van der Waals surface area contributed by atoms with Crippen LogP contribution in [0.4, 0.5) is 5.69 Å². The van der Waals surface area contributed by atoms with Crippen molar-refractivity contribution in [2.24, 2.45) is 0 Å². The highest BCUT2D eigenvalue weighted by atomic mass is 79.9. The fraction of sp³-hybridized carbons (Fsp3) is 0. The Labute approximate surface area is 87.1 Å². The molecule has 0 aromatic carbocycles. The van der Waals surface area contributed by atoms with Gasteiger partial charge in [0.2, 0.25) is 0 Å². The summed E-state index contributed by atoms with van der Waals surface area (Å²) in [5.41, 5.74) is 6.87. The smallest absolute Gasteiger partial charge is 0.337 e. The Bertz CT molecular complexity index is 521. The molecule has 0 bridgehead atoms. The van der Waals surface area contributed by atoms with Crippen LogP contribution >= 0.6 is 15.9 Å². The number of H-pyrrole nitrogens is 1. The van der Waals surface area contributed by atoms with Crippen LogP contribution in [-0.2, 0) is 0 Å². The number of pyridine rings is 1. The molecule has 5 nitrogen and oxygen atoms in total. The first-order valence-electron chi connectivity index (χ1n) is 3.75. The Morgan fingerprint density at radius 2 is 2.36 bits per heavy atom. The van der Waals surface area contributed by atoms with Crippen LogP contribution in [0.5, 0.6) is 0 Å². The zero-order chi connectivity index (χ0) is 10.3. The third-order valence-corrected chi connectivity index (χ3v) is 2.58. The molecule has 2 rings (SSSR count). The second-order valence-corrected chi connectivity index (χ2v) is 3.51. The lowest BCUT2D eigenvalue weighted by Crippen LogP contribution is -1.95. The molecule has 0 saturated heterocycles. The number of halogens is 1. The van der Waals surface area contributed by atoms with E-state index in [-0.39, 0.29) is 5.56 Å². The summed E-state index contributed by atoms with van der Waals surface area (Å²) in [6, 6.07) is 0. The van der Waals surface area contributed by atoms with Crippen molar-refractivity contribution in [2.45, 2.75) is 0 Å². The molecule has 0 aliphatic rings. The predicted molar refractivity (Wildman–Crippen MR) is 55.2 cm³/mol. The Morgan fingerprint density at radius 1 is 1.64 bits per heavy atom. The molecular formula is C8H6BrN3O2. The van der Waals surface area contributed by atoms with Crippen molar-refractivity contribution >= 4 is 38.5 Å². The summed E-state index contributed by atoms with van der Waals surface area (Å²) in [4.78, 5) is 17.5. The van der Waals surface area contributed by atoms with Crippen LogP contribution in [-0.4, -0.2) is 21.0 Å². The van der Waals surface area contributed by atoms with E-state index in [4.69, 9.17) is 10.8 Å². The fourth-order valence-electron chi connectivity index (χ4n) is 1.26. The van der Waals surface area contributed by atoms with Gasteiger partial charge in [0.1, 0.15) is 4.60 Å². The predicted octanol–water partition coefficient (Wildman–Crippen LogP) is 1.61. The number of hydrogen-bond acceptors (Lipinski definition) is 3. The van der Waals surface area contributed by atoms with Crippen molar-refractivity contribution in [1.29, 1.82) is 0 Å². The normalized spacial score (nSPS) is 10.6. The number of nitrogens with zero attached hydrogens (tertiary/aromatic N) is 1. The van der Waals surface area contributed by atoms with Gasteiger partial charge in [0, 0.05) is 17.8 Å². The van der Waals surface area contributed by atoms with E-state index in [1.165, 1.54) is 12.4 Å². The monoisotopic (exact) mass is 255 g/mol. The van der Waals surface area contributed by atoms with Gasteiger partial charge in [0.25, 0.3) is 0 Å². The maximum Gasteiger partial charge on any atom is 0.337 e. The number of carboxylic acid groups (broad SMARTS) is 1. The number of nitrogens with two attached hydrogens (primary N) is 1. The zero-order valence-electron chi connectivity index (χ0n) is 6.91. The molecule has 14 heavy (non-hydrogen) atoms. The molecule has 0 spiro atoms. The SMILES string of the molecule is Nc1c(Br)ncc2c(C(=O)O)c[nH]c12. The summed E-state index contributed by atoms with van der Waals surface area (Å²) >= 11 is 3.16. The molecule has 0 amide bonds. The summed E-state index contributed by atoms with van der Waals surface area (Å²) in [7, 11) is 0. The third-order valence-electron chi connectivity index (χ3n) is 1.95. The molecule has 0 unspecified atom stereocenters. The minimum atomic E-state index is -1.00. The van der Waals surface area contributed by atoms with E-state index in [0.717, 1.165) is 0 Å². The standard InChI is InChI=1S/C8H6BrN3O2/c9-7-5(10)6-3(1-12-7)4(2-11-6)8(13)14/h1-2,11H,10H2,(H,13,14). The highest BCUT2D eigenvalue weighted by Crippen LogP contribution is 2.27. The van der Waals surface area contributed by atoms with Crippen LogP contribution in [0.3, 0.4) is 0 Å². The first kappa shape index (κ1) is 9.01. The van der Waals surface area contributed by atoms with Crippen LogP contribution in [0, 0.1) is 0 Å². The molecular weight excluding hydrogens is 250 g/mol. The number of fused-ring (bicyclic) bond motifs is 1. The van der Waals surface area contributed by atoms with Crippen molar-refractivity contribution in [1.82, 2.24) is 9.97 Å². The van der Waals surface area contributed by atoms with E-state index >= 15 is 0 Å². The molecule has 6 heteroatoms. The number of carbonyl (C=O) groups is 1. The quantitative estimate of drug-likeness (QED) is 0.676. The lowest BCUT2D eigenvalue weighted by molar-refractivity contribution is 0.0699. The number of nitrogen functional groups attached to an aromatic ring is 1. The average Bonchev–Trinajstić information content (AvgIpc) is 2.55. The van der Waals surface area contributed by atoms with Gasteiger partial charge in [0.15, 0.2) is 0 Å². The minimum absolute atomic E-state index is 0.173. The Morgan fingerprint density at radius 3 is 3.00 bits per heavy atom. The number of nitrogens with one attached hydrogen (secondary N) is 1. The molecule has 0 saturated carbocycles. The number of aromatic carboxylic acids is 1. The second-order valence-electron chi connectivity index (χ2n) is 2.76. The second kappa shape index (κ2) is 2.98. The van der Waals surface area contributed by atoms with Crippen LogP contribution in [0.25, 0.3) is 10.9 Å². The highest BCUT2D eigenvalue weighted by Gasteiger charge is 2.13. The molecule has 0 radical (unpaired) electrons. The number of aromatic nitrogens is 2. The lowest BCUT2D eigenvalue weighted by atomic mass is 10.2. The first-order chi connectivity index (χ1) is 6.61. The zero-order valence-corrected chi connectivity index (χ0v) is 8.50. The van der Waals surface area contributed by atoms with Crippen LogP contribution in [0.2, 0.25) is 0 Å². The highest BCUT2D eigenvalue weighted by molar-refractivity contribution is 9.10. The maximum atomic E-state index is 10.8. The lowest BCUT2D eigenvalue weighted by Gasteiger charge is -1.98. The van der Waals surface area contributed by atoms with E-state index in [0.29, 0.717) is 21.2 Å². The number of carboxylic acids is 1. The molecule has 2 heterocycles. The average molecular weight is 256 g/mol.